The van der Waals surface area contributed by atoms with Crippen LogP contribution >= 0.6 is 0 Å². The van der Waals surface area contributed by atoms with Crippen LogP contribution in [0.15, 0.2) is 35.1 Å². The fraction of sp³-hybridized carbons (Fsp3) is 0.286. The zero-order chi connectivity index (χ0) is 12.4. The molecule has 0 radical (unpaired) electrons. The lowest BCUT2D eigenvalue weighted by Crippen LogP contribution is -2.18. The maximum Gasteiger partial charge on any atom is 0.254 e. The SMILES string of the molecule is Cc1nc(-c2ccccc2)[nH]c(=O)c1C(C)C. The molecule has 1 aromatic heterocycles. The average molecular weight is 228 g/mol. The minimum absolute atomic E-state index is 0.0358. The second-order valence-electron chi connectivity index (χ2n) is 4.43. The second-order valence-corrected chi connectivity index (χ2v) is 4.43. The first-order chi connectivity index (χ1) is 8.09. The maximum atomic E-state index is 12.0. The van der Waals surface area contributed by atoms with Gasteiger partial charge >= 0.3 is 0 Å². The lowest BCUT2D eigenvalue weighted by atomic mass is 10.0. The van der Waals surface area contributed by atoms with E-state index in [1.165, 1.54) is 0 Å². The number of hydrogen-bond donors (Lipinski definition) is 1. The van der Waals surface area contributed by atoms with Crippen LogP contribution in [0.5, 0.6) is 0 Å². The van der Waals surface area contributed by atoms with Crippen molar-refractivity contribution in [2.24, 2.45) is 0 Å². The molecule has 0 bridgehead atoms. The molecule has 0 spiro atoms. The van der Waals surface area contributed by atoms with Gasteiger partial charge in [0, 0.05) is 16.8 Å². The molecule has 2 aromatic rings. The summed E-state index contributed by atoms with van der Waals surface area (Å²) in [6, 6.07) is 9.68. The fourth-order valence-corrected chi connectivity index (χ4v) is 2.01. The molecule has 3 heteroatoms. The van der Waals surface area contributed by atoms with Gasteiger partial charge in [0.05, 0.1) is 0 Å². The number of aromatic nitrogens is 2. The van der Waals surface area contributed by atoms with Crippen LogP contribution < -0.4 is 5.56 Å². The number of aromatic amines is 1. The van der Waals surface area contributed by atoms with Crippen LogP contribution in [-0.4, -0.2) is 9.97 Å². The lowest BCUT2D eigenvalue weighted by molar-refractivity contribution is 0.815. The van der Waals surface area contributed by atoms with Crippen LogP contribution in [-0.2, 0) is 0 Å². The van der Waals surface area contributed by atoms with E-state index in [2.05, 4.69) is 9.97 Å². The molecule has 1 heterocycles. The molecule has 3 nitrogen and oxygen atoms in total. The molecule has 0 unspecified atom stereocenters. The van der Waals surface area contributed by atoms with Crippen molar-refractivity contribution in [1.29, 1.82) is 0 Å². The van der Waals surface area contributed by atoms with E-state index in [1.807, 2.05) is 51.1 Å². The summed E-state index contributed by atoms with van der Waals surface area (Å²) in [5.74, 6) is 0.827. The molecular formula is C14H16N2O. The standard InChI is InChI=1S/C14H16N2O/c1-9(2)12-10(3)15-13(16-14(12)17)11-7-5-4-6-8-11/h4-9H,1-3H3,(H,15,16,17). The Hall–Kier alpha value is -1.90. The van der Waals surface area contributed by atoms with E-state index in [9.17, 15) is 4.79 Å². The predicted molar refractivity (Wildman–Crippen MR) is 69.1 cm³/mol. The molecule has 88 valence electrons. The minimum Gasteiger partial charge on any atom is -0.306 e. The largest absolute Gasteiger partial charge is 0.306 e. The first kappa shape index (κ1) is 11.6. The Labute approximate surface area is 101 Å². The average Bonchev–Trinajstić information content (AvgIpc) is 2.28. The molecule has 0 aliphatic rings. The summed E-state index contributed by atoms with van der Waals surface area (Å²) >= 11 is 0. The first-order valence-electron chi connectivity index (χ1n) is 5.76. The molecule has 0 saturated heterocycles. The number of aryl methyl sites for hydroxylation is 1. The van der Waals surface area contributed by atoms with Crippen molar-refractivity contribution in [3.63, 3.8) is 0 Å². The number of hydrogen-bond acceptors (Lipinski definition) is 2. The maximum absolute atomic E-state index is 12.0. The molecule has 0 aliphatic carbocycles. The van der Waals surface area contributed by atoms with Crippen LogP contribution in [0.2, 0.25) is 0 Å². The van der Waals surface area contributed by atoms with Crippen molar-refractivity contribution >= 4 is 0 Å². The van der Waals surface area contributed by atoms with E-state index in [0.717, 1.165) is 16.8 Å². The topological polar surface area (TPSA) is 45.8 Å². The molecule has 0 aliphatic heterocycles. The van der Waals surface area contributed by atoms with Gasteiger partial charge in [0.15, 0.2) is 0 Å². The lowest BCUT2D eigenvalue weighted by Gasteiger charge is -2.09. The normalized spacial score (nSPS) is 10.8. The molecule has 2 rings (SSSR count). The highest BCUT2D eigenvalue weighted by molar-refractivity contribution is 5.54. The molecule has 0 amide bonds. The van der Waals surface area contributed by atoms with Gasteiger partial charge in [0.2, 0.25) is 0 Å². The van der Waals surface area contributed by atoms with Gasteiger partial charge in [-0.3, -0.25) is 4.79 Å². The third kappa shape index (κ3) is 2.28. The molecule has 1 aromatic carbocycles. The molecule has 0 saturated carbocycles. The van der Waals surface area contributed by atoms with Crippen LogP contribution in [0.3, 0.4) is 0 Å². The summed E-state index contributed by atoms with van der Waals surface area (Å²) in [6.45, 7) is 5.89. The number of nitrogens with zero attached hydrogens (tertiary/aromatic N) is 1. The van der Waals surface area contributed by atoms with Crippen LogP contribution in [0.1, 0.15) is 31.0 Å². The van der Waals surface area contributed by atoms with Gasteiger partial charge in [-0.05, 0) is 12.8 Å². The Morgan fingerprint density at radius 1 is 1.18 bits per heavy atom. The van der Waals surface area contributed by atoms with E-state index >= 15 is 0 Å². The van der Waals surface area contributed by atoms with Crippen LogP contribution in [0, 0.1) is 6.92 Å². The minimum atomic E-state index is -0.0358. The summed E-state index contributed by atoms with van der Waals surface area (Å²) in [7, 11) is 0. The van der Waals surface area contributed by atoms with Crippen LogP contribution in [0.25, 0.3) is 11.4 Å². The summed E-state index contributed by atoms with van der Waals surface area (Å²) < 4.78 is 0. The smallest absolute Gasteiger partial charge is 0.254 e. The van der Waals surface area contributed by atoms with E-state index in [4.69, 9.17) is 0 Å². The van der Waals surface area contributed by atoms with Gasteiger partial charge < -0.3 is 4.98 Å². The van der Waals surface area contributed by atoms with Gasteiger partial charge in [-0.15, -0.1) is 0 Å². The summed E-state index contributed by atoms with van der Waals surface area (Å²) in [4.78, 5) is 19.3. The number of benzene rings is 1. The van der Waals surface area contributed by atoms with Gasteiger partial charge in [-0.25, -0.2) is 4.98 Å². The molecule has 0 fully saturated rings. The van der Waals surface area contributed by atoms with E-state index in [1.54, 1.807) is 0 Å². The molecule has 17 heavy (non-hydrogen) atoms. The van der Waals surface area contributed by atoms with Crippen molar-refractivity contribution in [3.05, 3.63) is 51.9 Å². The van der Waals surface area contributed by atoms with Crippen molar-refractivity contribution in [3.8, 4) is 11.4 Å². The second kappa shape index (κ2) is 4.53. The van der Waals surface area contributed by atoms with E-state index in [0.29, 0.717) is 5.82 Å². The quantitative estimate of drug-likeness (QED) is 0.859. The van der Waals surface area contributed by atoms with Gasteiger partial charge in [0.25, 0.3) is 5.56 Å². The van der Waals surface area contributed by atoms with E-state index < -0.39 is 0 Å². The Kier molecular flexibility index (Phi) is 3.09. The highest BCUT2D eigenvalue weighted by Crippen LogP contribution is 2.17. The predicted octanol–water partition coefficient (Wildman–Crippen LogP) is 2.87. The number of H-pyrrole nitrogens is 1. The monoisotopic (exact) mass is 228 g/mol. The first-order valence-corrected chi connectivity index (χ1v) is 5.76. The van der Waals surface area contributed by atoms with Crippen molar-refractivity contribution < 1.29 is 0 Å². The number of rotatable bonds is 2. The van der Waals surface area contributed by atoms with Gasteiger partial charge in [-0.2, -0.15) is 0 Å². The third-order valence-electron chi connectivity index (χ3n) is 2.77. The molecular weight excluding hydrogens is 212 g/mol. The zero-order valence-corrected chi connectivity index (χ0v) is 10.3. The van der Waals surface area contributed by atoms with Crippen molar-refractivity contribution in [1.82, 2.24) is 9.97 Å². The Morgan fingerprint density at radius 2 is 1.82 bits per heavy atom. The molecule has 0 atom stereocenters. The fourth-order valence-electron chi connectivity index (χ4n) is 2.01. The Bertz CT molecular complexity index is 571. The highest BCUT2D eigenvalue weighted by atomic mass is 16.1. The summed E-state index contributed by atoms with van der Waals surface area (Å²) in [5, 5.41) is 0. The van der Waals surface area contributed by atoms with E-state index in [-0.39, 0.29) is 11.5 Å². The molecule has 1 N–H and O–H groups in total. The number of nitrogens with one attached hydrogen (secondary N) is 1. The zero-order valence-electron chi connectivity index (χ0n) is 10.3. The Morgan fingerprint density at radius 3 is 2.35 bits per heavy atom. The summed E-state index contributed by atoms with van der Waals surface area (Å²) in [6.07, 6.45) is 0. The van der Waals surface area contributed by atoms with Crippen molar-refractivity contribution in [2.75, 3.05) is 0 Å². The highest BCUT2D eigenvalue weighted by Gasteiger charge is 2.11. The van der Waals surface area contributed by atoms with Gasteiger partial charge in [0.1, 0.15) is 5.82 Å². The van der Waals surface area contributed by atoms with Gasteiger partial charge in [-0.1, -0.05) is 44.2 Å². The van der Waals surface area contributed by atoms with Crippen LogP contribution in [0.4, 0.5) is 0 Å². The third-order valence-corrected chi connectivity index (χ3v) is 2.77. The Balaban J connectivity index is 2.58. The van der Waals surface area contributed by atoms with Crippen molar-refractivity contribution in [2.45, 2.75) is 26.7 Å². The summed E-state index contributed by atoms with van der Waals surface area (Å²) in [5.41, 5.74) is 2.47.